The van der Waals surface area contributed by atoms with Crippen LogP contribution in [0.15, 0.2) is 18.2 Å². The summed E-state index contributed by atoms with van der Waals surface area (Å²) in [7, 11) is 0. The molecule has 3 aliphatic heterocycles. The maximum absolute atomic E-state index is 13.5. The molecular weight excluding hydrogens is 418 g/mol. The molecular formula is C23H32ClN3O4. The summed E-state index contributed by atoms with van der Waals surface area (Å²) in [5, 5.41) is 13.1. The van der Waals surface area contributed by atoms with Crippen molar-refractivity contribution >= 4 is 23.5 Å². The molecule has 3 aliphatic rings. The Kier molecular flexibility index (Phi) is 6.74. The summed E-state index contributed by atoms with van der Waals surface area (Å²) >= 11 is 6.04. The van der Waals surface area contributed by atoms with Crippen molar-refractivity contribution in [2.45, 2.75) is 63.6 Å². The number of amides is 3. The van der Waals surface area contributed by atoms with E-state index >= 15 is 0 Å². The van der Waals surface area contributed by atoms with Crippen LogP contribution in [-0.2, 0) is 16.1 Å². The van der Waals surface area contributed by atoms with Gasteiger partial charge in [-0.05, 0) is 68.8 Å². The lowest BCUT2D eigenvalue weighted by atomic mass is 9.74. The summed E-state index contributed by atoms with van der Waals surface area (Å²) in [6.07, 6.45) is 5.06. The number of imide groups is 1. The highest BCUT2D eigenvalue weighted by atomic mass is 35.5. The fourth-order valence-corrected chi connectivity index (χ4v) is 5.54. The Morgan fingerprint density at radius 3 is 2.68 bits per heavy atom. The molecule has 31 heavy (non-hydrogen) atoms. The van der Waals surface area contributed by atoms with E-state index in [4.69, 9.17) is 16.3 Å². The van der Waals surface area contributed by atoms with Crippen molar-refractivity contribution in [2.75, 3.05) is 26.2 Å². The molecule has 7 nitrogen and oxygen atoms in total. The van der Waals surface area contributed by atoms with Gasteiger partial charge in [-0.2, -0.15) is 0 Å². The zero-order valence-corrected chi connectivity index (χ0v) is 18.9. The minimum atomic E-state index is -0.793. The molecule has 3 saturated heterocycles. The first-order valence-electron chi connectivity index (χ1n) is 11.4. The van der Waals surface area contributed by atoms with Crippen LogP contribution in [0.2, 0.25) is 5.02 Å². The van der Waals surface area contributed by atoms with Gasteiger partial charge in [0.1, 0.15) is 11.3 Å². The van der Waals surface area contributed by atoms with E-state index in [0.29, 0.717) is 24.6 Å². The Hall–Kier alpha value is -1.83. The van der Waals surface area contributed by atoms with Gasteiger partial charge in [-0.3, -0.25) is 14.6 Å². The molecule has 4 rings (SSSR count). The molecule has 1 aromatic carbocycles. The van der Waals surface area contributed by atoms with Crippen LogP contribution < -0.4 is 5.32 Å². The second-order valence-electron chi connectivity index (χ2n) is 9.04. The van der Waals surface area contributed by atoms with Crippen LogP contribution >= 0.6 is 11.6 Å². The number of likely N-dealkylation sites (tertiary alicyclic amines) is 1. The largest absolute Gasteiger partial charge is 0.506 e. The van der Waals surface area contributed by atoms with Gasteiger partial charge in [0.2, 0.25) is 0 Å². The molecule has 3 amide bonds. The van der Waals surface area contributed by atoms with E-state index in [1.54, 1.807) is 12.1 Å². The van der Waals surface area contributed by atoms with Gasteiger partial charge in [-0.25, -0.2) is 4.79 Å². The van der Waals surface area contributed by atoms with Crippen molar-refractivity contribution in [1.29, 1.82) is 0 Å². The summed E-state index contributed by atoms with van der Waals surface area (Å²) in [6.45, 7) is 5.58. The maximum atomic E-state index is 13.5. The normalized spacial score (nSPS) is 27.8. The quantitative estimate of drug-likeness (QED) is 0.622. The fourth-order valence-electron chi connectivity index (χ4n) is 5.34. The second kappa shape index (κ2) is 9.35. The molecule has 2 atom stereocenters. The number of piperidine rings is 1. The third-order valence-corrected chi connectivity index (χ3v) is 7.26. The number of hydrogen-bond acceptors (Lipinski definition) is 5. The minimum absolute atomic E-state index is 0.0360. The zero-order valence-electron chi connectivity index (χ0n) is 18.1. The number of hydrogen-bond donors (Lipinski definition) is 2. The van der Waals surface area contributed by atoms with E-state index in [1.165, 1.54) is 4.90 Å². The number of nitrogens with zero attached hydrogens (tertiary/aromatic N) is 2. The maximum Gasteiger partial charge on any atom is 0.325 e. The van der Waals surface area contributed by atoms with Crippen LogP contribution in [0.1, 0.15) is 51.0 Å². The van der Waals surface area contributed by atoms with Crippen LogP contribution in [0.4, 0.5) is 4.79 Å². The lowest BCUT2D eigenvalue weighted by molar-refractivity contribution is -0.135. The number of urea groups is 1. The molecule has 0 saturated carbocycles. The molecule has 1 aromatic rings. The predicted molar refractivity (Wildman–Crippen MR) is 118 cm³/mol. The molecule has 0 radical (unpaired) electrons. The third-order valence-electron chi connectivity index (χ3n) is 6.96. The molecule has 2 N–H and O–H groups in total. The van der Waals surface area contributed by atoms with Gasteiger partial charge in [0.05, 0.1) is 17.7 Å². The fraction of sp³-hybridized carbons (Fsp3) is 0.652. The number of nitrogens with one attached hydrogen (secondary N) is 1. The number of carbonyl (C=O) groups is 2. The molecule has 0 bridgehead atoms. The highest BCUT2D eigenvalue weighted by molar-refractivity contribution is 6.32. The van der Waals surface area contributed by atoms with Gasteiger partial charge >= 0.3 is 6.03 Å². The highest BCUT2D eigenvalue weighted by Crippen LogP contribution is 2.38. The molecule has 3 heterocycles. The second-order valence-corrected chi connectivity index (χ2v) is 9.45. The number of phenols is 1. The first-order valence-corrected chi connectivity index (χ1v) is 11.8. The first kappa shape index (κ1) is 22.4. The third kappa shape index (κ3) is 4.54. The topological polar surface area (TPSA) is 82.1 Å². The Morgan fingerprint density at radius 1 is 1.26 bits per heavy atom. The van der Waals surface area contributed by atoms with Gasteiger partial charge in [0.15, 0.2) is 0 Å². The van der Waals surface area contributed by atoms with Gasteiger partial charge < -0.3 is 15.2 Å². The Morgan fingerprint density at radius 2 is 2.03 bits per heavy atom. The van der Waals surface area contributed by atoms with Crippen molar-refractivity contribution in [3.05, 3.63) is 28.8 Å². The summed E-state index contributed by atoms with van der Waals surface area (Å²) in [6, 6.07) is 5.03. The molecule has 3 fully saturated rings. The number of phenolic OH excluding ortho intramolecular Hbond substituents is 1. The average molecular weight is 450 g/mol. The highest BCUT2D eigenvalue weighted by Gasteiger charge is 2.55. The smallest absolute Gasteiger partial charge is 0.325 e. The monoisotopic (exact) mass is 449 g/mol. The van der Waals surface area contributed by atoms with E-state index in [1.807, 2.05) is 6.07 Å². The summed E-state index contributed by atoms with van der Waals surface area (Å²) in [4.78, 5) is 30.0. The number of carbonyl (C=O) groups excluding carboxylic acids is 2. The van der Waals surface area contributed by atoms with Gasteiger partial charge in [0.25, 0.3) is 5.91 Å². The van der Waals surface area contributed by atoms with E-state index in [2.05, 4.69) is 17.1 Å². The van der Waals surface area contributed by atoms with Crippen molar-refractivity contribution in [2.24, 2.45) is 5.92 Å². The summed E-state index contributed by atoms with van der Waals surface area (Å²) in [5.41, 5.74) is 0.260. The van der Waals surface area contributed by atoms with E-state index in [0.717, 1.165) is 57.3 Å². The van der Waals surface area contributed by atoms with Gasteiger partial charge in [-0.1, -0.05) is 31.0 Å². The number of rotatable bonds is 7. The predicted octanol–water partition coefficient (Wildman–Crippen LogP) is 3.53. The number of ether oxygens (including phenoxy) is 1. The average Bonchev–Trinajstić information content (AvgIpc) is 3.35. The Balaban J connectivity index is 1.41. The molecule has 170 valence electrons. The number of benzene rings is 1. The zero-order chi connectivity index (χ0) is 22.0. The lowest BCUT2D eigenvalue weighted by Crippen LogP contribution is -2.56. The molecule has 0 aliphatic carbocycles. The van der Waals surface area contributed by atoms with E-state index < -0.39 is 5.54 Å². The Bertz CT molecular complexity index is 821. The standard InChI is InChI=1S/C23H32ClN3O4/c1-2-9-23(21(29)27(22(30)25-23)15-18-4-3-12-31-18)17-7-10-26(11-8-17)14-16-5-6-20(28)19(24)13-16/h5-6,13,17-18,28H,2-4,7-12,14-15H2,1H3,(H,25,30)/t18-,23-/m1/s1. The van der Waals surface area contributed by atoms with Gasteiger partial charge in [-0.15, -0.1) is 0 Å². The Labute approximate surface area is 188 Å². The number of aromatic hydroxyl groups is 1. The first-order chi connectivity index (χ1) is 14.9. The van der Waals surface area contributed by atoms with Crippen molar-refractivity contribution < 1.29 is 19.4 Å². The summed E-state index contributed by atoms with van der Waals surface area (Å²) in [5.74, 6) is 0.144. The van der Waals surface area contributed by atoms with Crippen molar-refractivity contribution in [3.8, 4) is 5.75 Å². The van der Waals surface area contributed by atoms with Crippen LogP contribution in [0.3, 0.4) is 0 Å². The lowest BCUT2D eigenvalue weighted by Gasteiger charge is -2.41. The minimum Gasteiger partial charge on any atom is -0.506 e. The van der Waals surface area contributed by atoms with Gasteiger partial charge in [0, 0.05) is 13.2 Å². The van der Waals surface area contributed by atoms with Crippen LogP contribution in [0, 0.1) is 5.92 Å². The van der Waals surface area contributed by atoms with Crippen molar-refractivity contribution in [3.63, 3.8) is 0 Å². The molecule has 0 spiro atoms. The van der Waals surface area contributed by atoms with Crippen LogP contribution in [0.5, 0.6) is 5.75 Å². The van der Waals surface area contributed by atoms with E-state index in [-0.39, 0.29) is 29.7 Å². The summed E-state index contributed by atoms with van der Waals surface area (Å²) < 4.78 is 5.67. The SMILES string of the molecule is CCC[C@]1(C2CCN(Cc3ccc(O)c(Cl)c3)CC2)NC(=O)N(C[C@H]2CCCO2)C1=O. The van der Waals surface area contributed by atoms with Crippen molar-refractivity contribution in [1.82, 2.24) is 15.1 Å². The molecule has 0 unspecified atom stereocenters. The molecule has 0 aromatic heterocycles. The number of halogens is 1. The van der Waals surface area contributed by atoms with Crippen LogP contribution in [-0.4, -0.2) is 64.7 Å². The van der Waals surface area contributed by atoms with Crippen LogP contribution in [0.25, 0.3) is 0 Å². The van der Waals surface area contributed by atoms with E-state index in [9.17, 15) is 14.7 Å². The molecule has 8 heteroatoms.